The molecule has 4 heterocycles. The van der Waals surface area contributed by atoms with Gasteiger partial charge in [0.2, 0.25) is 0 Å². The Balaban J connectivity index is 1.26. The second-order valence-corrected chi connectivity index (χ2v) is 9.72. The van der Waals surface area contributed by atoms with E-state index in [0.717, 1.165) is 37.9 Å². The van der Waals surface area contributed by atoms with Crippen molar-refractivity contribution < 1.29 is 19.1 Å². The molecule has 3 aliphatic heterocycles. The molecule has 35 heavy (non-hydrogen) atoms. The van der Waals surface area contributed by atoms with E-state index in [9.17, 15) is 14.4 Å². The molecular weight excluding hydrogens is 446 g/mol. The standard InChI is InChI=1S/C26H31N5O4/c1-15(32)17-3-7-24(28-13-17)31-20-4-5-21(31)12-19(11-20)30-26(34)16-2-6-22(25(27)33)23(10-16)29-18-8-9-35-14-18/h2-3,6-7,10,13,18-21,29H,4-5,8-9,11-12,14H2,1H3,(H2,27,33)(H,30,34)/t18-,19-,20+,21-/m1/s1. The van der Waals surface area contributed by atoms with Crippen LogP contribution in [-0.2, 0) is 4.74 Å². The number of benzene rings is 1. The van der Waals surface area contributed by atoms with Gasteiger partial charge in [-0.1, -0.05) is 0 Å². The van der Waals surface area contributed by atoms with E-state index in [1.807, 2.05) is 12.1 Å². The molecule has 9 nitrogen and oxygen atoms in total. The van der Waals surface area contributed by atoms with E-state index in [4.69, 9.17) is 10.5 Å². The van der Waals surface area contributed by atoms with Crippen LogP contribution in [0.1, 0.15) is 70.1 Å². The smallest absolute Gasteiger partial charge is 0.251 e. The maximum atomic E-state index is 13.1. The number of anilines is 2. The maximum Gasteiger partial charge on any atom is 0.251 e. The molecule has 5 rings (SSSR count). The van der Waals surface area contributed by atoms with E-state index in [-0.39, 0.29) is 23.8 Å². The molecular formula is C26H31N5O4. The second-order valence-electron chi connectivity index (χ2n) is 9.72. The van der Waals surface area contributed by atoms with Gasteiger partial charge >= 0.3 is 0 Å². The number of Topliss-reactive ketones (excluding diaryl/α,β-unsaturated/α-hetero) is 1. The largest absolute Gasteiger partial charge is 0.379 e. The number of pyridine rings is 1. The number of nitrogens with two attached hydrogens (primary N) is 1. The molecule has 4 N–H and O–H groups in total. The first-order valence-corrected chi connectivity index (χ1v) is 12.2. The average Bonchev–Trinajstić information content (AvgIpc) is 3.44. The summed E-state index contributed by atoms with van der Waals surface area (Å²) in [5.74, 6) is 0.203. The molecule has 184 valence electrons. The quantitative estimate of drug-likeness (QED) is 0.523. The first-order valence-electron chi connectivity index (χ1n) is 12.2. The average molecular weight is 478 g/mol. The summed E-state index contributed by atoms with van der Waals surface area (Å²) in [6.45, 7) is 2.77. The number of hydrogen-bond acceptors (Lipinski definition) is 7. The highest BCUT2D eigenvalue weighted by Gasteiger charge is 2.41. The van der Waals surface area contributed by atoms with Gasteiger partial charge in [-0.3, -0.25) is 14.4 Å². The lowest BCUT2D eigenvalue weighted by Crippen LogP contribution is -2.50. The molecule has 3 aliphatic rings. The predicted molar refractivity (Wildman–Crippen MR) is 132 cm³/mol. The van der Waals surface area contributed by atoms with Crippen molar-refractivity contribution in [2.24, 2.45) is 5.73 Å². The van der Waals surface area contributed by atoms with Crippen molar-refractivity contribution in [1.29, 1.82) is 0 Å². The highest BCUT2D eigenvalue weighted by Crippen LogP contribution is 2.38. The lowest BCUT2D eigenvalue weighted by molar-refractivity contribution is 0.0924. The number of ketones is 1. The Morgan fingerprint density at radius 1 is 1.03 bits per heavy atom. The Bertz CT molecular complexity index is 1120. The minimum absolute atomic E-state index is 0.00670. The van der Waals surface area contributed by atoms with Crippen molar-refractivity contribution in [3.05, 3.63) is 53.2 Å². The minimum atomic E-state index is -0.535. The summed E-state index contributed by atoms with van der Waals surface area (Å²) in [7, 11) is 0. The third-order valence-corrected chi connectivity index (χ3v) is 7.32. The van der Waals surface area contributed by atoms with Crippen LogP contribution in [0.4, 0.5) is 11.5 Å². The zero-order valence-corrected chi connectivity index (χ0v) is 19.8. The molecule has 1 aromatic carbocycles. The van der Waals surface area contributed by atoms with Crippen LogP contribution in [0.5, 0.6) is 0 Å². The number of carbonyl (C=O) groups excluding carboxylic acids is 3. The Kier molecular flexibility index (Phi) is 6.42. The topological polar surface area (TPSA) is 127 Å². The predicted octanol–water partition coefficient (Wildman–Crippen LogP) is 2.51. The molecule has 4 atom stereocenters. The molecule has 9 heteroatoms. The molecule has 2 aromatic rings. The van der Waals surface area contributed by atoms with E-state index < -0.39 is 5.91 Å². The van der Waals surface area contributed by atoms with Crippen LogP contribution in [0.25, 0.3) is 0 Å². The van der Waals surface area contributed by atoms with E-state index in [0.29, 0.717) is 47.7 Å². The molecule has 0 spiro atoms. The normalized spacial score (nSPS) is 25.3. The first kappa shape index (κ1) is 23.3. The second kappa shape index (κ2) is 9.65. The van der Waals surface area contributed by atoms with E-state index in [2.05, 4.69) is 20.5 Å². The van der Waals surface area contributed by atoms with E-state index in [1.165, 1.54) is 6.92 Å². The van der Waals surface area contributed by atoms with Crippen LogP contribution in [0.15, 0.2) is 36.5 Å². The molecule has 3 saturated heterocycles. The van der Waals surface area contributed by atoms with Gasteiger partial charge in [-0.05, 0) is 69.4 Å². The number of piperidine rings is 1. The van der Waals surface area contributed by atoms with Crippen LogP contribution >= 0.6 is 0 Å². The van der Waals surface area contributed by atoms with Gasteiger partial charge in [0.25, 0.3) is 11.8 Å². The molecule has 3 fully saturated rings. The molecule has 0 aliphatic carbocycles. The van der Waals surface area contributed by atoms with E-state index >= 15 is 0 Å². The van der Waals surface area contributed by atoms with Crippen LogP contribution in [0.2, 0.25) is 0 Å². The Morgan fingerprint density at radius 2 is 1.77 bits per heavy atom. The van der Waals surface area contributed by atoms with Crippen molar-refractivity contribution in [2.75, 3.05) is 23.4 Å². The van der Waals surface area contributed by atoms with Crippen LogP contribution < -0.4 is 21.3 Å². The number of nitrogens with zero attached hydrogens (tertiary/aromatic N) is 2. The maximum absolute atomic E-state index is 13.1. The summed E-state index contributed by atoms with van der Waals surface area (Å²) in [6, 6.07) is 9.46. The van der Waals surface area contributed by atoms with Crippen molar-refractivity contribution in [2.45, 2.75) is 63.2 Å². The fraction of sp³-hybridized carbons (Fsp3) is 0.462. The van der Waals surface area contributed by atoms with Gasteiger partial charge < -0.3 is 26.0 Å². The number of fused-ring (bicyclic) bond motifs is 2. The number of hydrogen-bond donors (Lipinski definition) is 3. The summed E-state index contributed by atoms with van der Waals surface area (Å²) in [4.78, 5) is 43.5. The first-order chi connectivity index (χ1) is 16.9. The number of primary amides is 1. The van der Waals surface area contributed by atoms with Gasteiger partial charge in [-0.15, -0.1) is 0 Å². The summed E-state index contributed by atoms with van der Waals surface area (Å²) in [5, 5.41) is 6.51. The molecule has 0 radical (unpaired) electrons. The zero-order valence-electron chi connectivity index (χ0n) is 19.8. The van der Waals surface area contributed by atoms with Gasteiger partial charge in [0.1, 0.15) is 5.82 Å². The summed E-state index contributed by atoms with van der Waals surface area (Å²) in [6.07, 6.45) is 6.26. The van der Waals surface area contributed by atoms with Gasteiger partial charge in [-0.2, -0.15) is 0 Å². The Hall–Kier alpha value is -3.46. The summed E-state index contributed by atoms with van der Waals surface area (Å²) < 4.78 is 5.41. The van der Waals surface area contributed by atoms with Crippen LogP contribution in [0, 0.1) is 0 Å². The number of rotatable bonds is 7. The number of carbonyl (C=O) groups is 3. The van der Waals surface area contributed by atoms with Gasteiger partial charge in [-0.25, -0.2) is 4.98 Å². The number of nitrogens with one attached hydrogen (secondary N) is 2. The van der Waals surface area contributed by atoms with Crippen LogP contribution in [0.3, 0.4) is 0 Å². The van der Waals surface area contributed by atoms with Crippen molar-refractivity contribution in [3.63, 3.8) is 0 Å². The summed E-state index contributed by atoms with van der Waals surface area (Å²) >= 11 is 0. The fourth-order valence-electron chi connectivity index (χ4n) is 5.57. The van der Waals surface area contributed by atoms with Gasteiger partial charge in [0.15, 0.2) is 5.78 Å². The lowest BCUT2D eigenvalue weighted by Gasteiger charge is -2.40. The molecule has 0 saturated carbocycles. The molecule has 2 bridgehead atoms. The highest BCUT2D eigenvalue weighted by molar-refractivity contribution is 6.02. The summed E-state index contributed by atoms with van der Waals surface area (Å²) in [5.41, 5.74) is 7.58. The fourth-order valence-corrected chi connectivity index (χ4v) is 5.57. The third-order valence-electron chi connectivity index (χ3n) is 7.32. The highest BCUT2D eigenvalue weighted by atomic mass is 16.5. The van der Waals surface area contributed by atoms with Crippen molar-refractivity contribution in [3.8, 4) is 0 Å². The van der Waals surface area contributed by atoms with Crippen molar-refractivity contribution >= 4 is 29.1 Å². The zero-order chi connectivity index (χ0) is 24.5. The third kappa shape index (κ3) is 4.86. The SMILES string of the molecule is CC(=O)c1ccc(N2[C@@H]3CC[C@H]2C[C@@H](NC(=O)c2ccc(C(N)=O)c(N[C@@H]4CCOC4)c2)C3)nc1. The van der Waals surface area contributed by atoms with Crippen molar-refractivity contribution in [1.82, 2.24) is 10.3 Å². The Labute approximate surface area is 204 Å². The lowest BCUT2D eigenvalue weighted by atomic mass is 9.96. The van der Waals surface area contributed by atoms with Gasteiger partial charge in [0, 0.05) is 47.7 Å². The number of amides is 2. The monoisotopic (exact) mass is 477 g/mol. The molecule has 1 aromatic heterocycles. The molecule has 2 amide bonds. The van der Waals surface area contributed by atoms with Gasteiger partial charge in [0.05, 0.1) is 18.2 Å². The van der Waals surface area contributed by atoms with E-state index in [1.54, 1.807) is 24.4 Å². The number of aromatic nitrogens is 1. The number of ether oxygens (including phenoxy) is 1. The minimum Gasteiger partial charge on any atom is -0.379 e. The Morgan fingerprint density at radius 3 is 2.37 bits per heavy atom. The molecule has 0 unspecified atom stereocenters. The van der Waals surface area contributed by atoms with Crippen LogP contribution in [-0.4, -0.2) is 60.0 Å².